The predicted octanol–water partition coefficient (Wildman–Crippen LogP) is 1.72. The second kappa shape index (κ2) is 11.5. The van der Waals surface area contributed by atoms with Crippen LogP contribution < -0.4 is 16.0 Å². The van der Waals surface area contributed by atoms with E-state index in [0.717, 1.165) is 17.4 Å². The van der Waals surface area contributed by atoms with Crippen molar-refractivity contribution < 1.29 is 9.59 Å². The average Bonchev–Trinajstić information content (AvgIpc) is 2.44. The van der Waals surface area contributed by atoms with E-state index in [-0.39, 0.29) is 24.2 Å². The third kappa shape index (κ3) is 8.70. The summed E-state index contributed by atoms with van der Waals surface area (Å²) in [6.07, 6.45) is 1.19. The lowest BCUT2D eigenvalue weighted by Gasteiger charge is -2.07. The Labute approximate surface area is 139 Å². The number of hydrogen-bond acceptors (Lipinski definition) is 3. The van der Waals surface area contributed by atoms with Crippen molar-refractivity contribution in [2.24, 2.45) is 0 Å². The lowest BCUT2D eigenvalue weighted by atomic mass is 10.2. The van der Waals surface area contributed by atoms with Crippen LogP contribution in [0.25, 0.3) is 0 Å². The monoisotopic (exact) mass is 377 g/mol. The first-order valence-electron chi connectivity index (χ1n) is 6.58. The van der Waals surface area contributed by atoms with Crippen molar-refractivity contribution in [3.05, 3.63) is 34.3 Å². The van der Waals surface area contributed by atoms with Gasteiger partial charge in [0, 0.05) is 29.5 Å². The Morgan fingerprint density at radius 2 is 1.71 bits per heavy atom. The number of benzene rings is 1. The Balaban J connectivity index is 0.00000400. The molecule has 0 heterocycles. The van der Waals surface area contributed by atoms with Gasteiger partial charge in [-0.15, -0.1) is 12.4 Å². The molecule has 1 rings (SSSR count). The Hall–Kier alpha value is -1.11. The molecule has 0 saturated carbocycles. The highest BCUT2D eigenvalue weighted by molar-refractivity contribution is 9.10. The summed E-state index contributed by atoms with van der Waals surface area (Å²) in [6, 6.07) is 7.08. The minimum Gasteiger partial charge on any atom is -0.356 e. The number of amides is 2. The Morgan fingerprint density at radius 1 is 1.05 bits per heavy atom. The van der Waals surface area contributed by atoms with Gasteiger partial charge >= 0.3 is 0 Å². The molecule has 0 aliphatic heterocycles. The first-order valence-corrected chi connectivity index (χ1v) is 7.38. The number of hydrogen-bond donors (Lipinski definition) is 3. The molecule has 1 aromatic rings. The molecule has 0 saturated heterocycles. The molecule has 0 aromatic heterocycles. The Bertz CT molecular complexity index is 440. The zero-order valence-corrected chi connectivity index (χ0v) is 14.4. The van der Waals surface area contributed by atoms with Gasteiger partial charge in [-0.25, -0.2) is 0 Å². The summed E-state index contributed by atoms with van der Waals surface area (Å²) in [5, 5.41) is 8.54. The van der Waals surface area contributed by atoms with E-state index in [1.165, 1.54) is 0 Å². The number of nitrogens with one attached hydrogen (secondary N) is 3. The zero-order chi connectivity index (χ0) is 14.8. The zero-order valence-electron chi connectivity index (χ0n) is 11.9. The molecular weight excluding hydrogens is 358 g/mol. The first kappa shape index (κ1) is 19.9. The van der Waals surface area contributed by atoms with Crippen LogP contribution in [0.5, 0.6) is 0 Å². The van der Waals surface area contributed by atoms with Crippen LogP contribution in [0.15, 0.2) is 28.7 Å². The largest absolute Gasteiger partial charge is 0.356 e. The van der Waals surface area contributed by atoms with E-state index in [1.807, 2.05) is 19.2 Å². The van der Waals surface area contributed by atoms with E-state index in [2.05, 4.69) is 31.9 Å². The molecule has 0 unspecified atom stereocenters. The summed E-state index contributed by atoms with van der Waals surface area (Å²) in [7, 11) is 1.87. The van der Waals surface area contributed by atoms with E-state index in [0.29, 0.717) is 25.1 Å². The highest BCUT2D eigenvalue weighted by atomic mass is 79.9. The fourth-order valence-corrected chi connectivity index (χ4v) is 1.84. The molecule has 1 aromatic carbocycles. The lowest BCUT2D eigenvalue weighted by molar-refractivity contribution is -0.120. The fraction of sp³-hybridized carbons (Fsp3) is 0.429. The average molecular weight is 379 g/mol. The maximum absolute atomic E-state index is 11.8. The minimum atomic E-state index is -0.166. The number of halogens is 2. The van der Waals surface area contributed by atoms with Crippen molar-refractivity contribution >= 4 is 40.2 Å². The van der Waals surface area contributed by atoms with Gasteiger partial charge in [0.25, 0.3) is 5.91 Å². The summed E-state index contributed by atoms with van der Waals surface area (Å²) in [5.41, 5.74) is 0.586. The summed E-state index contributed by atoms with van der Waals surface area (Å²) in [6.45, 7) is 1.87. The topological polar surface area (TPSA) is 70.2 Å². The van der Waals surface area contributed by atoms with Crippen LogP contribution in [0.1, 0.15) is 23.2 Å². The molecule has 0 bridgehead atoms. The minimum absolute atomic E-state index is 0. The van der Waals surface area contributed by atoms with Crippen molar-refractivity contribution in [1.82, 2.24) is 16.0 Å². The molecule has 21 heavy (non-hydrogen) atoms. The van der Waals surface area contributed by atoms with Crippen LogP contribution in [0, 0.1) is 0 Å². The van der Waals surface area contributed by atoms with E-state index < -0.39 is 0 Å². The summed E-state index contributed by atoms with van der Waals surface area (Å²) < 4.78 is 0.926. The van der Waals surface area contributed by atoms with Gasteiger partial charge in [-0.1, -0.05) is 15.9 Å². The molecule has 0 radical (unpaired) electrons. The van der Waals surface area contributed by atoms with Crippen molar-refractivity contribution in [2.45, 2.75) is 12.8 Å². The third-order valence-corrected chi connectivity index (χ3v) is 3.20. The van der Waals surface area contributed by atoms with E-state index in [9.17, 15) is 9.59 Å². The van der Waals surface area contributed by atoms with E-state index in [1.54, 1.807) is 12.1 Å². The number of carbonyl (C=O) groups excluding carboxylic acids is 2. The Kier molecular flexibility index (Phi) is 10.9. The highest BCUT2D eigenvalue weighted by Crippen LogP contribution is 2.10. The van der Waals surface area contributed by atoms with Gasteiger partial charge in [0.2, 0.25) is 5.91 Å². The fourth-order valence-electron chi connectivity index (χ4n) is 1.57. The molecule has 118 valence electrons. The van der Waals surface area contributed by atoms with Crippen LogP contribution in [0.4, 0.5) is 0 Å². The summed E-state index contributed by atoms with van der Waals surface area (Å²) in [4.78, 5) is 23.3. The maximum atomic E-state index is 11.8. The normalized spacial score (nSPS) is 9.62. The van der Waals surface area contributed by atoms with Crippen molar-refractivity contribution in [3.8, 4) is 0 Å². The van der Waals surface area contributed by atoms with Gasteiger partial charge < -0.3 is 16.0 Å². The molecule has 0 fully saturated rings. The van der Waals surface area contributed by atoms with Gasteiger partial charge in [0.05, 0.1) is 0 Å². The molecule has 2 amide bonds. The third-order valence-electron chi connectivity index (χ3n) is 2.67. The molecular formula is C14H21BrClN3O2. The van der Waals surface area contributed by atoms with Crippen LogP contribution in [-0.2, 0) is 4.79 Å². The standard InChI is InChI=1S/C14H20BrN3O2.ClH/c1-16-8-2-9-17-13(19)7-10-18-14(20)11-3-5-12(15)6-4-11;/h3-6,16H,2,7-10H2,1H3,(H,17,19)(H,18,20);1H. The van der Waals surface area contributed by atoms with Crippen LogP contribution >= 0.6 is 28.3 Å². The molecule has 0 aliphatic carbocycles. The Morgan fingerprint density at radius 3 is 2.33 bits per heavy atom. The summed E-state index contributed by atoms with van der Waals surface area (Å²) in [5.74, 6) is -0.210. The lowest BCUT2D eigenvalue weighted by Crippen LogP contribution is -2.31. The van der Waals surface area contributed by atoms with Gasteiger partial charge in [0.15, 0.2) is 0 Å². The predicted molar refractivity (Wildman–Crippen MR) is 89.9 cm³/mol. The molecule has 0 atom stereocenters. The molecule has 7 heteroatoms. The quantitative estimate of drug-likeness (QED) is 0.603. The SMILES string of the molecule is CNCCCNC(=O)CCNC(=O)c1ccc(Br)cc1.Cl. The van der Waals surface area contributed by atoms with Crippen LogP contribution in [0.2, 0.25) is 0 Å². The van der Waals surface area contributed by atoms with E-state index in [4.69, 9.17) is 0 Å². The molecule has 0 spiro atoms. The molecule has 0 aliphatic rings. The summed E-state index contributed by atoms with van der Waals surface area (Å²) >= 11 is 3.31. The smallest absolute Gasteiger partial charge is 0.251 e. The van der Waals surface area contributed by atoms with Crippen LogP contribution in [-0.4, -0.2) is 38.5 Å². The highest BCUT2D eigenvalue weighted by Gasteiger charge is 2.06. The first-order chi connectivity index (χ1) is 9.63. The maximum Gasteiger partial charge on any atom is 0.251 e. The van der Waals surface area contributed by atoms with Crippen molar-refractivity contribution in [3.63, 3.8) is 0 Å². The van der Waals surface area contributed by atoms with E-state index >= 15 is 0 Å². The van der Waals surface area contributed by atoms with Crippen molar-refractivity contribution in [1.29, 1.82) is 0 Å². The van der Waals surface area contributed by atoms with Gasteiger partial charge in [0.1, 0.15) is 0 Å². The van der Waals surface area contributed by atoms with Crippen LogP contribution in [0.3, 0.4) is 0 Å². The molecule has 3 N–H and O–H groups in total. The van der Waals surface area contributed by atoms with Gasteiger partial charge in [-0.3, -0.25) is 9.59 Å². The number of carbonyl (C=O) groups is 2. The molecule has 5 nitrogen and oxygen atoms in total. The second-order valence-electron chi connectivity index (χ2n) is 4.32. The second-order valence-corrected chi connectivity index (χ2v) is 5.24. The van der Waals surface area contributed by atoms with Gasteiger partial charge in [-0.2, -0.15) is 0 Å². The number of rotatable bonds is 8. The van der Waals surface area contributed by atoms with Crippen molar-refractivity contribution in [2.75, 3.05) is 26.7 Å². The van der Waals surface area contributed by atoms with Gasteiger partial charge in [-0.05, 0) is 44.3 Å².